The molecular weight excluding hydrogens is 456 g/mol. The molecule has 0 bridgehead atoms. The highest BCUT2D eigenvalue weighted by atomic mass is 35.5. The molecule has 0 aliphatic heterocycles. The number of carboxylic acids is 1. The molecule has 1 atom stereocenters. The summed E-state index contributed by atoms with van der Waals surface area (Å²) in [6, 6.07) is 15.9. The van der Waals surface area contributed by atoms with Crippen LogP contribution in [0.5, 0.6) is 17.5 Å². The summed E-state index contributed by atoms with van der Waals surface area (Å²) in [6.45, 7) is 5.99. The number of rotatable bonds is 12. The second kappa shape index (κ2) is 11.8. The molecule has 0 amide bonds. The minimum atomic E-state index is -0.847. The SMILES string of the molecule is CCCN(Cc1ccc(OCCn2c(O)ccc2O)c(C)c1)[C@@H](CC(=O)O)c1ccc(Cl)cc1. The summed E-state index contributed by atoms with van der Waals surface area (Å²) in [6.07, 6.45) is 0.893. The van der Waals surface area contributed by atoms with Crippen molar-refractivity contribution in [2.45, 2.75) is 45.8 Å². The Bertz CT molecular complexity index is 1080. The number of benzene rings is 2. The lowest BCUT2D eigenvalue weighted by Gasteiger charge is -2.31. The lowest BCUT2D eigenvalue weighted by Crippen LogP contribution is -2.31. The number of aliphatic carboxylic acids is 1. The smallest absolute Gasteiger partial charge is 0.305 e. The van der Waals surface area contributed by atoms with Gasteiger partial charge in [0.2, 0.25) is 0 Å². The van der Waals surface area contributed by atoms with E-state index in [4.69, 9.17) is 16.3 Å². The maximum atomic E-state index is 11.6. The summed E-state index contributed by atoms with van der Waals surface area (Å²) in [5.41, 5.74) is 2.94. The van der Waals surface area contributed by atoms with Crippen LogP contribution in [0.2, 0.25) is 5.02 Å². The zero-order valence-corrected chi connectivity index (χ0v) is 20.2. The van der Waals surface area contributed by atoms with E-state index in [2.05, 4.69) is 11.8 Å². The molecule has 7 nitrogen and oxygen atoms in total. The first-order valence-corrected chi connectivity index (χ1v) is 11.7. The van der Waals surface area contributed by atoms with E-state index in [0.29, 0.717) is 18.1 Å². The van der Waals surface area contributed by atoms with E-state index in [0.717, 1.165) is 35.4 Å². The van der Waals surface area contributed by atoms with Gasteiger partial charge in [0.1, 0.15) is 12.4 Å². The molecule has 2 aromatic carbocycles. The molecule has 3 rings (SSSR count). The van der Waals surface area contributed by atoms with Gasteiger partial charge in [0.05, 0.1) is 13.0 Å². The van der Waals surface area contributed by atoms with E-state index in [1.165, 1.54) is 16.7 Å². The molecule has 0 aliphatic rings. The lowest BCUT2D eigenvalue weighted by atomic mass is 10.0. The fourth-order valence-electron chi connectivity index (χ4n) is 4.07. The van der Waals surface area contributed by atoms with E-state index in [9.17, 15) is 20.1 Å². The van der Waals surface area contributed by atoms with Crippen LogP contribution in [-0.2, 0) is 17.9 Å². The molecule has 0 saturated carbocycles. The van der Waals surface area contributed by atoms with E-state index in [-0.39, 0.29) is 30.8 Å². The Morgan fingerprint density at radius 3 is 2.35 bits per heavy atom. The topological polar surface area (TPSA) is 95.2 Å². The van der Waals surface area contributed by atoms with Gasteiger partial charge in [-0.2, -0.15) is 0 Å². The predicted octanol–water partition coefficient (Wildman–Crippen LogP) is 5.37. The molecule has 0 saturated heterocycles. The first-order valence-electron chi connectivity index (χ1n) is 11.3. The van der Waals surface area contributed by atoms with Crippen LogP contribution < -0.4 is 4.74 Å². The molecule has 0 fully saturated rings. The van der Waals surface area contributed by atoms with Gasteiger partial charge in [0.15, 0.2) is 11.8 Å². The zero-order valence-electron chi connectivity index (χ0n) is 19.4. The highest BCUT2D eigenvalue weighted by Gasteiger charge is 2.23. The molecule has 182 valence electrons. The molecule has 0 aliphatic carbocycles. The summed E-state index contributed by atoms with van der Waals surface area (Å²) in [5, 5.41) is 29.6. The third-order valence-corrected chi connectivity index (χ3v) is 5.96. The number of halogens is 1. The molecule has 3 aromatic rings. The quantitative estimate of drug-likeness (QED) is 0.318. The monoisotopic (exact) mass is 486 g/mol. The standard InChI is InChI=1S/C26H31ClN2O5/c1-3-12-28(22(16-26(32)33)20-5-7-21(27)8-6-20)17-19-4-9-23(18(2)15-19)34-14-13-29-24(30)10-11-25(29)31/h4-11,15,22,30-31H,3,12-14,16-17H2,1-2H3,(H,32,33)/t22-/m0/s1. The van der Waals surface area contributed by atoms with Gasteiger partial charge >= 0.3 is 5.97 Å². The Balaban J connectivity index is 1.72. The van der Waals surface area contributed by atoms with Crippen molar-refractivity contribution in [2.24, 2.45) is 0 Å². The van der Waals surface area contributed by atoms with Gasteiger partial charge in [0.25, 0.3) is 0 Å². The van der Waals surface area contributed by atoms with Gasteiger partial charge in [-0.05, 0) is 54.8 Å². The summed E-state index contributed by atoms with van der Waals surface area (Å²) in [5.74, 6) is -0.154. The number of hydrogen-bond donors (Lipinski definition) is 3. The second-order valence-corrected chi connectivity index (χ2v) is 8.72. The fraction of sp³-hybridized carbons (Fsp3) is 0.346. The van der Waals surface area contributed by atoms with Crippen LogP contribution in [0.15, 0.2) is 54.6 Å². The summed E-state index contributed by atoms with van der Waals surface area (Å²) < 4.78 is 7.23. The molecule has 1 aromatic heterocycles. The number of carboxylic acid groups (broad SMARTS) is 1. The van der Waals surface area contributed by atoms with Crippen LogP contribution in [0, 0.1) is 6.92 Å². The van der Waals surface area contributed by atoms with Crippen molar-refractivity contribution in [1.29, 1.82) is 0 Å². The number of carbonyl (C=O) groups is 1. The number of ether oxygens (including phenoxy) is 1. The number of aromatic hydroxyl groups is 2. The molecule has 8 heteroatoms. The Morgan fingerprint density at radius 2 is 1.76 bits per heavy atom. The van der Waals surface area contributed by atoms with Gasteiger partial charge in [-0.15, -0.1) is 0 Å². The van der Waals surface area contributed by atoms with Crippen molar-refractivity contribution in [3.63, 3.8) is 0 Å². The van der Waals surface area contributed by atoms with Crippen molar-refractivity contribution >= 4 is 17.6 Å². The van der Waals surface area contributed by atoms with Crippen molar-refractivity contribution in [3.8, 4) is 17.5 Å². The highest BCUT2D eigenvalue weighted by Crippen LogP contribution is 2.29. The highest BCUT2D eigenvalue weighted by molar-refractivity contribution is 6.30. The van der Waals surface area contributed by atoms with Crippen LogP contribution in [0.3, 0.4) is 0 Å². The van der Waals surface area contributed by atoms with Crippen molar-refractivity contribution < 1.29 is 24.9 Å². The van der Waals surface area contributed by atoms with E-state index in [1.807, 2.05) is 37.3 Å². The van der Waals surface area contributed by atoms with E-state index >= 15 is 0 Å². The van der Waals surface area contributed by atoms with Crippen LogP contribution in [-0.4, -0.2) is 43.9 Å². The van der Waals surface area contributed by atoms with Gasteiger partial charge in [-0.1, -0.05) is 42.8 Å². The van der Waals surface area contributed by atoms with Crippen LogP contribution in [0.1, 0.15) is 42.5 Å². The number of hydrogen-bond acceptors (Lipinski definition) is 5. The van der Waals surface area contributed by atoms with Crippen LogP contribution in [0.4, 0.5) is 0 Å². The zero-order chi connectivity index (χ0) is 24.7. The van der Waals surface area contributed by atoms with Crippen molar-refractivity contribution in [2.75, 3.05) is 13.2 Å². The van der Waals surface area contributed by atoms with Crippen molar-refractivity contribution in [1.82, 2.24) is 9.47 Å². The average molecular weight is 487 g/mol. The Hall–Kier alpha value is -3.16. The van der Waals surface area contributed by atoms with Gasteiger partial charge in [-0.25, -0.2) is 0 Å². The molecule has 34 heavy (non-hydrogen) atoms. The van der Waals surface area contributed by atoms with E-state index in [1.54, 1.807) is 12.1 Å². The summed E-state index contributed by atoms with van der Waals surface area (Å²) in [4.78, 5) is 13.8. The van der Waals surface area contributed by atoms with Crippen LogP contribution in [0.25, 0.3) is 0 Å². The molecule has 3 N–H and O–H groups in total. The first-order chi connectivity index (χ1) is 16.3. The van der Waals surface area contributed by atoms with Gasteiger partial charge in [-0.3, -0.25) is 14.3 Å². The third-order valence-electron chi connectivity index (χ3n) is 5.71. The predicted molar refractivity (Wildman–Crippen MR) is 132 cm³/mol. The molecule has 0 spiro atoms. The Kier molecular flexibility index (Phi) is 8.85. The van der Waals surface area contributed by atoms with Crippen LogP contribution >= 0.6 is 11.6 Å². The first kappa shape index (κ1) is 25.5. The molecule has 0 radical (unpaired) electrons. The van der Waals surface area contributed by atoms with Gasteiger partial charge in [0, 0.05) is 29.7 Å². The van der Waals surface area contributed by atoms with E-state index < -0.39 is 5.97 Å². The normalized spacial score (nSPS) is 12.1. The molecular formula is C26H31ClN2O5. The summed E-state index contributed by atoms with van der Waals surface area (Å²) in [7, 11) is 0. The maximum absolute atomic E-state index is 11.6. The molecule has 1 heterocycles. The minimum absolute atomic E-state index is 0.000885. The fourth-order valence-corrected chi connectivity index (χ4v) is 4.20. The number of aromatic nitrogens is 1. The molecule has 0 unspecified atom stereocenters. The summed E-state index contributed by atoms with van der Waals surface area (Å²) >= 11 is 6.04. The Labute approximate surface area is 204 Å². The Morgan fingerprint density at radius 1 is 1.09 bits per heavy atom. The number of nitrogens with zero attached hydrogens (tertiary/aromatic N) is 2. The second-order valence-electron chi connectivity index (χ2n) is 8.29. The van der Waals surface area contributed by atoms with Crippen molar-refractivity contribution in [3.05, 3.63) is 76.3 Å². The number of aryl methyl sites for hydroxylation is 1. The minimum Gasteiger partial charge on any atom is -0.494 e. The lowest BCUT2D eigenvalue weighted by molar-refractivity contribution is -0.138. The largest absolute Gasteiger partial charge is 0.494 e. The third kappa shape index (κ3) is 6.68. The van der Waals surface area contributed by atoms with Gasteiger partial charge < -0.3 is 20.1 Å². The average Bonchev–Trinajstić information content (AvgIpc) is 3.11. The maximum Gasteiger partial charge on any atom is 0.305 e.